The minimum absolute atomic E-state index is 0.150. The number of carbonyl (C=O) groups excluding carboxylic acids is 2. The third kappa shape index (κ3) is 2.79. The van der Waals surface area contributed by atoms with Gasteiger partial charge in [0, 0.05) is 12.5 Å². The topological polar surface area (TPSA) is 55.4 Å². The summed E-state index contributed by atoms with van der Waals surface area (Å²) in [7, 11) is 0. The molecule has 0 saturated carbocycles. The van der Waals surface area contributed by atoms with Gasteiger partial charge in [0.1, 0.15) is 11.6 Å². The van der Waals surface area contributed by atoms with Gasteiger partial charge < -0.3 is 10.1 Å². The van der Waals surface area contributed by atoms with Crippen molar-refractivity contribution in [3.05, 3.63) is 65.2 Å². The summed E-state index contributed by atoms with van der Waals surface area (Å²) in [4.78, 5) is 24.5. The molecule has 0 saturated heterocycles. The molecule has 1 amide bonds. The van der Waals surface area contributed by atoms with Gasteiger partial charge in [-0.1, -0.05) is 18.2 Å². The quantitative estimate of drug-likeness (QED) is 0.866. The molecule has 0 radical (unpaired) electrons. The van der Waals surface area contributed by atoms with Gasteiger partial charge in [-0.25, -0.2) is 13.6 Å². The molecular formula is C17H13F2NO3. The number of anilines is 1. The van der Waals surface area contributed by atoms with Gasteiger partial charge in [-0.05, 0) is 30.7 Å². The summed E-state index contributed by atoms with van der Waals surface area (Å²) >= 11 is 0. The lowest BCUT2D eigenvalue weighted by molar-refractivity contribution is -0.134. The van der Waals surface area contributed by atoms with E-state index in [-0.39, 0.29) is 12.1 Å². The van der Waals surface area contributed by atoms with Crippen molar-refractivity contribution >= 4 is 17.6 Å². The highest BCUT2D eigenvalue weighted by molar-refractivity contribution is 6.02. The first-order valence-electron chi connectivity index (χ1n) is 6.97. The first kappa shape index (κ1) is 15.1. The number of hydrogen-bond donors (Lipinski definition) is 1. The van der Waals surface area contributed by atoms with Crippen LogP contribution in [0.25, 0.3) is 0 Å². The molecule has 1 aliphatic heterocycles. The van der Waals surface area contributed by atoms with E-state index in [0.717, 1.165) is 18.2 Å². The standard InChI is InChI=1S/C17H13F2NO3/c1-17(9-10-4-2-3-5-12(10)15(21)23-17)16(22)20-14-8-11(18)6-7-13(14)19/h2-8H,9H2,1H3,(H,20,22). The molecule has 3 rings (SSSR count). The summed E-state index contributed by atoms with van der Waals surface area (Å²) in [6.07, 6.45) is 0.150. The van der Waals surface area contributed by atoms with Crippen molar-refractivity contribution in [3.63, 3.8) is 0 Å². The number of cyclic esters (lactones) is 1. The number of amides is 1. The van der Waals surface area contributed by atoms with Gasteiger partial charge in [-0.3, -0.25) is 4.79 Å². The maximum atomic E-state index is 13.6. The van der Waals surface area contributed by atoms with Crippen LogP contribution in [0.5, 0.6) is 0 Å². The minimum atomic E-state index is -1.50. The highest BCUT2D eigenvalue weighted by atomic mass is 19.1. The molecule has 1 unspecified atom stereocenters. The van der Waals surface area contributed by atoms with Crippen molar-refractivity contribution < 1.29 is 23.1 Å². The fourth-order valence-corrected chi connectivity index (χ4v) is 2.51. The Bertz CT molecular complexity index is 806. The fourth-order valence-electron chi connectivity index (χ4n) is 2.51. The summed E-state index contributed by atoms with van der Waals surface area (Å²) in [5.41, 5.74) is -0.730. The molecule has 23 heavy (non-hydrogen) atoms. The van der Waals surface area contributed by atoms with Crippen molar-refractivity contribution in [2.75, 3.05) is 5.32 Å². The molecule has 1 heterocycles. The monoisotopic (exact) mass is 317 g/mol. The average Bonchev–Trinajstić information content (AvgIpc) is 2.51. The average molecular weight is 317 g/mol. The van der Waals surface area contributed by atoms with Crippen molar-refractivity contribution in [2.24, 2.45) is 0 Å². The number of halogens is 2. The molecule has 1 atom stereocenters. The molecule has 0 aromatic heterocycles. The predicted molar refractivity (Wildman–Crippen MR) is 79.0 cm³/mol. The Morgan fingerprint density at radius 1 is 1.22 bits per heavy atom. The fraction of sp³-hybridized carbons (Fsp3) is 0.176. The van der Waals surface area contributed by atoms with Gasteiger partial charge in [-0.15, -0.1) is 0 Å². The lowest BCUT2D eigenvalue weighted by Gasteiger charge is -2.33. The summed E-state index contributed by atoms with van der Waals surface area (Å²) in [6.45, 7) is 1.44. The van der Waals surface area contributed by atoms with Gasteiger partial charge in [0.15, 0.2) is 5.60 Å². The predicted octanol–water partition coefficient (Wildman–Crippen LogP) is 3.08. The molecule has 1 N–H and O–H groups in total. The maximum absolute atomic E-state index is 13.6. The number of esters is 1. The molecule has 1 aliphatic rings. The van der Waals surface area contributed by atoms with Crippen LogP contribution in [0.2, 0.25) is 0 Å². The Hall–Kier alpha value is -2.76. The lowest BCUT2D eigenvalue weighted by atomic mass is 9.89. The second kappa shape index (κ2) is 5.46. The van der Waals surface area contributed by atoms with Crippen LogP contribution in [0.15, 0.2) is 42.5 Å². The zero-order valence-corrected chi connectivity index (χ0v) is 12.2. The molecule has 2 aromatic rings. The molecule has 6 heteroatoms. The zero-order valence-electron chi connectivity index (χ0n) is 12.2. The van der Waals surface area contributed by atoms with E-state index < -0.39 is 29.1 Å². The number of rotatable bonds is 2. The van der Waals surface area contributed by atoms with Crippen LogP contribution >= 0.6 is 0 Å². The van der Waals surface area contributed by atoms with Crippen LogP contribution in [0.4, 0.5) is 14.5 Å². The number of fused-ring (bicyclic) bond motifs is 1. The number of ether oxygens (including phenoxy) is 1. The van der Waals surface area contributed by atoms with Crippen LogP contribution < -0.4 is 5.32 Å². The van der Waals surface area contributed by atoms with E-state index in [9.17, 15) is 18.4 Å². The van der Waals surface area contributed by atoms with E-state index in [4.69, 9.17) is 4.74 Å². The third-order valence-corrected chi connectivity index (χ3v) is 3.74. The van der Waals surface area contributed by atoms with Crippen LogP contribution in [0.1, 0.15) is 22.8 Å². The number of carbonyl (C=O) groups is 2. The van der Waals surface area contributed by atoms with Crippen molar-refractivity contribution in [2.45, 2.75) is 18.9 Å². The van der Waals surface area contributed by atoms with Crippen LogP contribution in [0.3, 0.4) is 0 Å². The first-order valence-corrected chi connectivity index (χ1v) is 6.97. The smallest absolute Gasteiger partial charge is 0.339 e. The van der Waals surface area contributed by atoms with Crippen molar-refractivity contribution in [1.82, 2.24) is 0 Å². The van der Waals surface area contributed by atoms with Gasteiger partial charge in [0.05, 0.1) is 11.3 Å². The van der Waals surface area contributed by atoms with E-state index in [1.807, 2.05) is 0 Å². The number of nitrogens with one attached hydrogen (secondary N) is 1. The minimum Gasteiger partial charge on any atom is -0.445 e. The second-order valence-electron chi connectivity index (χ2n) is 5.53. The summed E-state index contributed by atoms with van der Waals surface area (Å²) < 4.78 is 32.1. The normalized spacial score (nSPS) is 19.7. The summed E-state index contributed by atoms with van der Waals surface area (Å²) in [5, 5.41) is 2.28. The molecule has 0 aliphatic carbocycles. The van der Waals surface area contributed by atoms with E-state index in [1.165, 1.54) is 6.92 Å². The van der Waals surface area contributed by atoms with Gasteiger partial charge in [0.2, 0.25) is 0 Å². The number of benzene rings is 2. The Labute approximate surface area is 131 Å². The van der Waals surface area contributed by atoms with Gasteiger partial charge >= 0.3 is 5.97 Å². The molecule has 2 aromatic carbocycles. The Morgan fingerprint density at radius 2 is 1.96 bits per heavy atom. The van der Waals surface area contributed by atoms with Crippen molar-refractivity contribution in [3.8, 4) is 0 Å². The molecular weight excluding hydrogens is 304 g/mol. The maximum Gasteiger partial charge on any atom is 0.339 e. The van der Waals surface area contributed by atoms with Crippen LogP contribution in [-0.4, -0.2) is 17.5 Å². The summed E-state index contributed by atoms with van der Waals surface area (Å²) in [5.74, 6) is -2.79. The Balaban J connectivity index is 1.88. The Morgan fingerprint density at radius 3 is 2.74 bits per heavy atom. The van der Waals surface area contributed by atoms with Crippen LogP contribution in [0, 0.1) is 11.6 Å². The SMILES string of the molecule is CC1(C(=O)Nc2cc(F)ccc2F)Cc2ccccc2C(=O)O1. The summed E-state index contributed by atoms with van der Waals surface area (Å²) in [6, 6.07) is 9.52. The van der Waals surface area contributed by atoms with Crippen LogP contribution in [-0.2, 0) is 16.0 Å². The third-order valence-electron chi connectivity index (χ3n) is 3.74. The number of hydrogen-bond acceptors (Lipinski definition) is 3. The highest BCUT2D eigenvalue weighted by Gasteiger charge is 2.42. The van der Waals surface area contributed by atoms with Gasteiger partial charge in [-0.2, -0.15) is 0 Å². The van der Waals surface area contributed by atoms with E-state index >= 15 is 0 Å². The van der Waals surface area contributed by atoms with E-state index in [1.54, 1.807) is 24.3 Å². The lowest BCUT2D eigenvalue weighted by Crippen LogP contribution is -2.49. The molecule has 4 nitrogen and oxygen atoms in total. The van der Waals surface area contributed by atoms with E-state index in [0.29, 0.717) is 11.1 Å². The Kier molecular flexibility index (Phi) is 3.60. The zero-order chi connectivity index (χ0) is 16.6. The van der Waals surface area contributed by atoms with Crippen molar-refractivity contribution in [1.29, 1.82) is 0 Å². The molecule has 118 valence electrons. The molecule has 0 bridgehead atoms. The second-order valence-corrected chi connectivity index (χ2v) is 5.53. The first-order chi connectivity index (χ1) is 10.9. The molecule has 0 fully saturated rings. The molecule has 0 spiro atoms. The van der Waals surface area contributed by atoms with Gasteiger partial charge in [0.25, 0.3) is 5.91 Å². The highest BCUT2D eigenvalue weighted by Crippen LogP contribution is 2.29. The largest absolute Gasteiger partial charge is 0.445 e. The van der Waals surface area contributed by atoms with E-state index in [2.05, 4.69) is 5.32 Å².